The van der Waals surface area contributed by atoms with E-state index in [-0.39, 0.29) is 18.4 Å². The molecule has 108 valence electrons. The number of benzene rings is 1. The lowest BCUT2D eigenvalue weighted by Gasteiger charge is -2.34. The Kier molecular flexibility index (Phi) is 4.70. The maximum absolute atomic E-state index is 12.4. The second kappa shape index (κ2) is 6.14. The fraction of sp³-hybridized carbons (Fsp3) is 0.429. The number of likely N-dealkylation sites (tertiary alicyclic amines) is 1. The van der Waals surface area contributed by atoms with Gasteiger partial charge in [0, 0.05) is 23.1 Å². The number of carbonyl (C=O) groups is 2. The van der Waals surface area contributed by atoms with E-state index in [4.69, 9.17) is 16.7 Å². The van der Waals surface area contributed by atoms with Crippen molar-refractivity contribution in [2.24, 2.45) is 11.8 Å². The Morgan fingerprint density at radius 2 is 2.10 bits per heavy atom. The molecule has 0 spiro atoms. The molecule has 1 N–H and O–H groups in total. The molecule has 1 fully saturated rings. The molecule has 0 bridgehead atoms. The second-order valence-electron chi connectivity index (χ2n) is 5.22. The van der Waals surface area contributed by atoms with Crippen LogP contribution in [0.15, 0.2) is 22.7 Å². The number of aliphatic carboxylic acids is 1. The van der Waals surface area contributed by atoms with Crippen LogP contribution in [0.5, 0.6) is 0 Å². The van der Waals surface area contributed by atoms with Gasteiger partial charge in [0.1, 0.15) is 0 Å². The van der Waals surface area contributed by atoms with Crippen molar-refractivity contribution in [3.63, 3.8) is 0 Å². The van der Waals surface area contributed by atoms with Gasteiger partial charge in [-0.25, -0.2) is 0 Å². The number of carboxylic acid groups (broad SMARTS) is 1. The predicted molar refractivity (Wildman–Crippen MR) is 80.0 cm³/mol. The molecule has 0 radical (unpaired) electrons. The van der Waals surface area contributed by atoms with Gasteiger partial charge in [0.05, 0.1) is 10.9 Å². The third-order valence-corrected chi connectivity index (χ3v) is 4.68. The Morgan fingerprint density at radius 3 is 2.70 bits per heavy atom. The van der Waals surface area contributed by atoms with Gasteiger partial charge in [0.2, 0.25) is 0 Å². The number of hydrogen-bond acceptors (Lipinski definition) is 2. The van der Waals surface area contributed by atoms with Gasteiger partial charge in [0.15, 0.2) is 0 Å². The summed E-state index contributed by atoms with van der Waals surface area (Å²) in [5.41, 5.74) is 0.513. The zero-order valence-electron chi connectivity index (χ0n) is 11.0. The van der Waals surface area contributed by atoms with Crippen LogP contribution in [0.25, 0.3) is 0 Å². The molecule has 2 atom stereocenters. The molecule has 1 amide bonds. The summed E-state index contributed by atoms with van der Waals surface area (Å²) in [4.78, 5) is 25.2. The van der Waals surface area contributed by atoms with Crippen LogP contribution in [-0.2, 0) is 4.79 Å². The summed E-state index contributed by atoms with van der Waals surface area (Å²) < 4.78 is 0.657. The molecule has 20 heavy (non-hydrogen) atoms. The van der Waals surface area contributed by atoms with Gasteiger partial charge >= 0.3 is 5.97 Å². The molecule has 0 aliphatic carbocycles. The molecule has 1 heterocycles. The van der Waals surface area contributed by atoms with E-state index >= 15 is 0 Å². The van der Waals surface area contributed by atoms with Gasteiger partial charge < -0.3 is 10.0 Å². The van der Waals surface area contributed by atoms with Crippen molar-refractivity contribution in [2.75, 3.05) is 13.1 Å². The topological polar surface area (TPSA) is 57.6 Å². The first-order valence-corrected chi connectivity index (χ1v) is 7.52. The highest BCUT2D eigenvalue weighted by Gasteiger charge is 2.32. The summed E-state index contributed by atoms with van der Waals surface area (Å²) in [6.07, 6.45) is 0.615. The summed E-state index contributed by atoms with van der Waals surface area (Å²) in [6, 6.07) is 4.98. The number of hydrogen-bond donors (Lipinski definition) is 1. The molecule has 0 saturated carbocycles. The minimum absolute atomic E-state index is 0.153. The Hall–Kier alpha value is -1.07. The number of piperidine rings is 1. The normalized spacial score (nSPS) is 22.6. The van der Waals surface area contributed by atoms with E-state index in [0.717, 1.165) is 0 Å². The number of amides is 1. The van der Waals surface area contributed by atoms with Crippen molar-refractivity contribution in [3.8, 4) is 0 Å². The van der Waals surface area contributed by atoms with Crippen LogP contribution in [0, 0.1) is 11.8 Å². The van der Waals surface area contributed by atoms with Crippen LogP contribution in [-0.4, -0.2) is 35.0 Å². The van der Waals surface area contributed by atoms with E-state index in [1.807, 2.05) is 6.92 Å². The number of carbonyl (C=O) groups excluding carboxylic acids is 1. The minimum atomic E-state index is -0.841. The van der Waals surface area contributed by atoms with Crippen molar-refractivity contribution in [1.29, 1.82) is 0 Å². The van der Waals surface area contributed by atoms with E-state index in [2.05, 4.69) is 15.9 Å². The highest BCUT2D eigenvalue weighted by Crippen LogP contribution is 2.26. The van der Waals surface area contributed by atoms with Crippen LogP contribution in [0.2, 0.25) is 5.02 Å². The maximum atomic E-state index is 12.4. The quantitative estimate of drug-likeness (QED) is 0.880. The van der Waals surface area contributed by atoms with Crippen molar-refractivity contribution in [3.05, 3.63) is 33.3 Å². The molecule has 2 rings (SSSR count). The lowest BCUT2D eigenvalue weighted by molar-refractivity contribution is -0.143. The van der Waals surface area contributed by atoms with Gasteiger partial charge in [-0.15, -0.1) is 0 Å². The van der Waals surface area contributed by atoms with Gasteiger partial charge in [-0.05, 0) is 46.5 Å². The first kappa shape index (κ1) is 15.3. The molecule has 1 saturated heterocycles. The monoisotopic (exact) mass is 359 g/mol. The summed E-state index contributed by atoms with van der Waals surface area (Å²) in [7, 11) is 0. The zero-order chi connectivity index (χ0) is 14.9. The van der Waals surface area contributed by atoms with Gasteiger partial charge in [-0.3, -0.25) is 9.59 Å². The summed E-state index contributed by atoms with van der Waals surface area (Å²) >= 11 is 9.20. The molecule has 1 aliphatic rings. The highest BCUT2D eigenvalue weighted by molar-refractivity contribution is 9.10. The number of carboxylic acids is 1. The fourth-order valence-electron chi connectivity index (χ4n) is 2.51. The minimum Gasteiger partial charge on any atom is -0.481 e. The Balaban J connectivity index is 2.19. The maximum Gasteiger partial charge on any atom is 0.308 e. The van der Waals surface area contributed by atoms with Crippen LogP contribution < -0.4 is 0 Å². The number of rotatable bonds is 2. The van der Waals surface area contributed by atoms with Crippen LogP contribution in [0.1, 0.15) is 23.7 Å². The van der Waals surface area contributed by atoms with Gasteiger partial charge in [0.25, 0.3) is 5.91 Å². The predicted octanol–water partition coefficient (Wildman–Crippen LogP) is 3.29. The second-order valence-corrected chi connectivity index (χ2v) is 6.48. The summed E-state index contributed by atoms with van der Waals surface area (Å²) in [5, 5.41) is 9.68. The Bertz CT molecular complexity index is 549. The zero-order valence-corrected chi connectivity index (χ0v) is 13.3. The molecule has 2 unspecified atom stereocenters. The molecule has 1 aromatic carbocycles. The standard InChI is InChI=1S/C14H15BrClNO3/c1-8-4-10(14(19)20)7-17(6-8)13(18)9-2-3-12(16)11(15)5-9/h2-3,5,8,10H,4,6-7H2,1H3,(H,19,20). The Morgan fingerprint density at radius 1 is 1.40 bits per heavy atom. The first-order valence-electron chi connectivity index (χ1n) is 6.35. The third kappa shape index (κ3) is 3.33. The fourth-order valence-corrected chi connectivity index (χ4v) is 3.00. The SMILES string of the molecule is CC1CC(C(=O)O)CN(C(=O)c2ccc(Cl)c(Br)c2)C1. The van der Waals surface area contributed by atoms with Crippen LogP contribution in [0.3, 0.4) is 0 Å². The molecule has 6 heteroatoms. The molecular weight excluding hydrogens is 346 g/mol. The smallest absolute Gasteiger partial charge is 0.308 e. The Labute approximate surface area is 130 Å². The number of nitrogens with zero attached hydrogens (tertiary/aromatic N) is 1. The highest BCUT2D eigenvalue weighted by atomic mass is 79.9. The lowest BCUT2D eigenvalue weighted by atomic mass is 9.90. The molecule has 0 aromatic heterocycles. The van der Waals surface area contributed by atoms with E-state index in [1.54, 1.807) is 23.1 Å². The summed E-state index contributed by atoms with van der Waals surface area (Å²) in [6.45, 7) is 2.81. The third-order valence-electron chi connectivity index (χ3n) is 3.46. The molecule has 1 aromatic rings. The largest absolute Gasteiger partial charge is 0.481 e. The van der Waals surface area contributed by atoms with Crippen LogP contribution >= 0.6 is 27.5 Å². The number of halogens is 2. The average Bonchev–Trinajstić information content (AvgIpc) is 2.40. The van der Waals surface area contributed by atoms with Crippen molar-refractivity contribution in [1.82, 2.24) is 4.90 Å². The van der Waals surface area contributed by atoms with Crippen molar-refractivity contribution < 1.29 is 14.7 Å². The molecule has 4 nitrogen and oxygen atoms in total. The first-order chi connectivity index (χ1) is 9.38. The molecule has 1 aliphatic heterocycles. The van der Waals surface area contributed by atoms with E-state index < -0.39 is 11.9 Å². The van der Waals surface area contributed by atoms with E-state index in [0.29, 0.717) is 28.0 Å². The lowest BCUT2D eigenvalue weighted by Crippen LogP contribution is -2.45. The van der Waals surface area contributed by atoms with E-state index in [9.17, 15) is 9.59 Å². The van der Waals surface area contributed by atoms with Gasteiger partial charge in [-0.2, -0.15) is 0 Å². The van der Waals surface area contributed by atoms with Crippen molar-refractivity contribution >= 4 is 39.4 Å². The summed E-state index contributed by atoms with van der Waals surface area (Å²) in [5.74, 6) is -1.30. The van der Waals surface area contributed by atoms with Crippen molar-refractivity contribution in [2.45, 2.75) is 13.3 Å². The van der Waals surface area contributed by atoms with Gasteiger partial charge in [-0.1, -0.05) is 18.5 Å². The molecular formula is C14H15BrClNO3. The van der Waals surface area contributed by atoms with Crippen LogP contribution in [0.4, 0.5) is 0 Å². The average molecular weight is 361 g/mol. The van der Waals surface area contributed by atoms with E-state index in [1.165, 1.54) is 0 Å².